The average molecular weight is 237 g/mol. The van der Waals surface area contributed by atoms with Crippen molar-refractivity contribution in [1.82, 2.24) is 5.32 Å². The van der Waals surface area contributed by atoms with Gasteiger partial charge in [-0.25, -0.2) is 0 Å². The maximum absolute atomic E-state index is 8.60. The Bertz CT molecular complexity index is 321. The molecule has 4 atom stereocenters. The number of amidine groups is 1. The van der Waals surface area contributed by atoms with Crippen LogP contribution in [0.5, 0.6) is 0 Å². The van der Waals surface area contributed by atoms with Crippen LogP contribution in [0.25, 0.3) is 0 Å². The van der Waals surface area contributed by atoms with Crippen molar-refractivity contribution in [2.24, 2.45) is 22.7 Å². The lowest BCUT2D eigenvalue weighted by atomic mass is 9.84. The third-order valence-corrected chi connectivity index (χ3v) is 4.68. The Labute approximate surface area is 102 Å². The summed E-state index contributed by atoms with van der Waals surface area (Å²) in [7, 11) is 0. The van der Waals surface area contributed by atoms with Crippen LogP contribution in [0.1, 0.15) is 32.6 Å². The Hall–Kier alpha value is -0.690. The molecule has 0 spiro atoms. The maximum atomic E-state index is 8.60. The molecule has 2 bridgehead atoms. The van der Waals surface area contributed by atoms with E-state index in [9.17, 15) is 0 Å². The topological polar surface area (TPSA) is 48.2 Å². The summed E-state index contributed by atoms with van der Waals surface area (Å²) >= 11 is 1.52. The van der Waals surface area contributed by atoms with Gasteiger partial charge in [-0.15, -0.1) is 0 Å². The highest BCUT2D eigenvalue weighted by Gasteiger charge is 2.41. The number of rotatable bonds is 2. The van der Waals surface area contributed by atoms with Gasteiger partial charge >= 0.3 is 0 Å². The summed E-state index contributed by atoms with van der Waals surface area (Å²) in [6, 6.07) is 0.360. The first-order valence-corrected chi connectivity index (χ1v) is 7.24. The molecule has 0 amide bonds. The molecule has 16 heavy (non-hydrogen) atoms. The van der Waals surface area contributed by atoms with E-state index in [1.807, 2.05) is 12.4 Å². The average Bonchev–Trinajstić information content (AvgIpc) is 2.89. The van der Waals surface area contributed by atoms with Crippen molar-refractivity contribution in [1.29, 1.82) is 5.26 Å². The van der Waals surface area contributed by atoms with Gasteiger partial charge in [0.05, 0.1) is 6.04 Å². The number of thioether (sulfide) groups is 1. The SMILES string of the molecule is CSC(=NC(C)C1CC2CCC1C2)NC#N. The smallest absolute Gasteiger partial charge is 0.183 e. The number of hydrogen-bond acceptors (Lipinski definition) is 3. The second-order valence-corrected chi connectivity index (χ2v) is 5.75. The molecule has 0 heterocycles. The Balaban J connectivity index is 1.97. The maximum Gasteiger partial charge on any atom is 0.183 e. The fraction of sp³-hybridized carbons (Fsp3) is 0.833. The van der Waals surface area contributed by atoms with Crippen LogP contribution in [0.2, 0.25) is 0 Å². The summed E-state index contributed by atoms with van der Waals surface area (Å²) < 4.78 is 0. The molecule has 2 fully saturated rings. The van der Waals surface area contributed by atoms with Crippen LogP contribution in [0.15, 0.2) is 4.99 Å². The molecule has 4 heteroatoms. The van der Waals surface area contributed by atoms with E-state index in [-0.39, 0.29) is 0 Å². The van der Waals surface area contributed by atoms with Gasteiger partial charge in [-0.2, -0.15) is 5.26 Å². The first-order chi connectivity index (χ1) is 7.74. The summed E-state index contributed by atoms with van der Waals surface area (Å²) in [4.78, 5) is 4.63. The molecule has 88 valence electrons. The molecule has 4 unspecified atom stereocenters. The predicted molar refractivity (Wildman–Crippen MR) is 68.1 cm³/mol. The second-order valence-electron chi connectivity index (χ2n) is 4.95. The van der Waals surface area contributed by atoms with Crippen LogP contribution in [0, 0.1) is 29.2 Å². The fourth-order valence-electron chi connectivity index (χ4n) is 3.35. The first-order valence-electron chi connectivity index (χ1n) is 6.01. The van der Waals surface area contributed by atoms with Gasteiger partial charge < -0.3 is 0 Å². The van der Waals surface area contributed by atoms with Crippen LogP contribution >= 0.6 is 11.8 Å². The van der Waals surface area contributed by atoms with Gasteiger partial charge in [-0.1, -0.05) is 18.2 Å². The molecule has 1 N–H and O–H groups in total. The molecule has 2 aliphatic carbocycles. The molecule has 3 nitrogen and oxygen atoms in total. The molecular formula is C12H19N3S. The van der Waals surface area contributed by atoms with Crippen LogP contribution in [-0.2, 0) is 0 Å². The van der Waals surface area contributed by atoms with Crippen molar-refractivity contribution in [3.05, 3.63) is 0 Å². The lowest BCUT2D eigenvalue weighted by molar-refractivity contribution is 0.294. The molecule has 0 aromatic heterocycles. The predicted octanol–water partition coefficient (Wildman–Crippen LogP) is 2.60. The number of hydrogen-bond donors (Lipinski definition) is 1. The second kappa shape index (κ2) is 5.09. The molecule has 0 saturated heterocycles. The van der Waals surface area contributed by atoms with Crippen molar-refractivity contribution in [3.8, 4) is 6.19 Å². The van der Waals surface area contributed by atoms with Gasteiger partial charge in [0.1, 0.15) is 0 Å². The minimum Gasteiger partial charge on any atom is -0.272 e. The van der Waals surface area contributed by atoms with Gasteiger partial charge in [-0.05, 0) is 50.2 Å². The molecule has 0 aromatic carbocycles. The van der Waals surface area contributed by atoms with E-state index in [0.717, 1.165) is 22.9 Å². The van der Waals surface area contributed by atoms with Crippen molar-refractivity contribution in [2.75, 3.05) is 6.26 Å². The van der Waals surface area contributed by atoms with Gasteiger partial charge in [0, 0.05) is 0 Å². The van der Waals surface area contributed by atoms with E-state index in [0.29, 0.717) is 6.04 Å². The summed E-state index contributed by atoms with van der Waals surface area (Å²) in [5, 5.41) is 12.0. The van der Waals surface area contributed by atoms with Crippen LogP contribution in [0.4, 0.5) is 0 Å². The molecule has 2 rings (SSSR count). The third-order valence-electron chi connectivity index (χ3n) is 4.09. The summed E-state index contributed by atoms with van der Waals surface area (Å²) in [5.41, 5.74) is 0. The number of aliphatic imine (C=N–C) groups is 1. The van der Waals surface area contributed by atoms with Crippen LogP contribution in [-0.4, -0.2) is 17.5 Å². The fourth-order valence-corrected chi connectivity index (χ4v) is 3.77. The minimum atomic E-state index is 0.360. The first kappa shape index (κ1) is 11.8. The summed E-state index contributed by atoms with van der Waals surface area (Å²) in [6.07, 6.45) is 9.51. The standard InChI is InChI=1S/C12H19N3S/c1-8(15-12(16-2)14-7-13)11-6-9-3-4-10(11)5-9/h8-11H,3-6H2,1-2H3,(H,14,15). The Kier molecular flexibility index (Phi) is 3.75. The van der Waals surface area contributed by atoms with Gasteiger partial charge in [0.15, 0.2) is 11.4 Å². The van der Waals surface area contributed by atoms with Crippen molar-refractivity contribution < 1.29 is 0 Å². The van der Waals surface area contributed by atoms with Crippen LogP contribution < -0.4 is 5.32 Å². The lowest BCUT2D eigenvalue weighted by Gasteiger charge is -2.25. The largest absolute Gasteiger partial charge is 0.272 e. The van der Waals surface area contributed by atoms with Crippen molar-refractivity contribution in [3.63, 3.8) is 0 Å². The Morgan fingerprint density at radius 2 is 2.31 bits per heavy atom. The molecule has 0 aromatic rings. The number of fused-ring (bicyclic) bond motifs is 2. The van der Waals surface area contributed by atoms with E-state index < -0.39 is 0 Å². The Morgan fingerprint density at radius 3 is 2.81 bits per heavy atom. The molecule has 0 aliphatic heterocycles. The van der Waals surface area contributed by atoms with E-state index >= 15 is 0 Å². The molecule has 0 radical (unpaired) electrons. The van der Waals surface area contributed by atoms with Crippen molar-refractivity contribution in [2.45, 2.75) is 38.6 Å². The summed E-state index contributed by atoms with van der Waals surface area (Å²) in [5.74, 6) is 2.62. The van der Waals surface area contributed by atoms with Gasteiger partial charge in [0.25, 0.3) is 0 Å². The minimum absolute atomic E-state index is 0.360. The molecule has 2 aliphatic rings. The zero-order valence-electron chi connectivity index (χ0n) is 9.94. The zero-order valence-corrected chi connectivity index (χ0v) is 10.8. The highest BCUT2D eigenvalue weighted by atomic mass is 32.2. The highest BCUT2D eigenvalue weighted by molar-refractivity contribution is 8.13. The van der Waals surface area contributed by atoms with Gasteiger partial charge in [-0.3, -0.25) is 10.3 Å². The number of nitrogens with one attached hydrogen (secondary N) is 1. The Morgan fingerprint density at radius 1 is 1.50 bits per heavy atom. The number of nitriles is 1. The van der Waals surface area contributed by atoms with Gasteiger partial charge in [0.2, 0.25) is 0 Å². The third kappa shape index (κ3) is 2.35. The summed E-state index contributed by atoms with van der Waals surface area (Å²) in [6.45, 7) is 2.20. The van der Waals surface area contributed by atoms with E-state index in [4.69, 9.17) is 5.26 Å². The van der Waals surface area contributed by atoms with E-state index in [1.165, 1.54) is 37.4 Å². The van der Waals surface area contributed by atoms with Crippen molar-refractivity contribution >= 4 is 16.9 Å². The molecular weight excluding hydrogens is 218 g/mol. The van der Waals surface area contributed by atoms with E-state index in [1.54, 1.807) is 0 Å². The normalized spacial score (nSPS) is 34.8. The quantitative estimate of drug-likeness (QED) is 0.347. The highest BCUT2D eigenvalue weighted by Crippen LogP contribution is 2.50. The zero-order chi connectivity index (χ0) is 11.5. The molecule has 2 saturated carbocycles. The lowest BCUT2D eigenvalue weighted by Crippen LogP contribution is -2.25. The number of nitrogens with zero attached hydrogens (tertiary/aromatic N) is 2. The van der Waals surface area contributed by atoms with Crippen LogP contribution in [0.3, 0.4) is 0 Å². The van der Waals surface area contributed by atoms with E-state index in [2.05, 4.69) is 17.2 Å². The monoisotopic (exact) mass is 237 g/mol.